The molecule has 0 N–H and O–H groups in total. The maximum absolute atomic E-state index is 11.6. The third kappa shape index (κ3) is 1.79. The Morgan fingerprint density at radius 2 is 2.07 bits per heavy atom. The Morgan fingerprint density at radius 1 is 1.33 bits per heavy atom. The van der Waals surface area contributed by atoms with E-state index in [0.717, 1.165) is 10.9 Å². The highest BCUT2D eigenvalue weighted by molar-refractivity contribution is 6.09. The Hall–Kier alpha value is -1.96. The van der Waals surface area contributed by atoms with E-state index in [-0.39, 0.29) is 5.78 Å². The first-order chi connectivity index (χ1) is 7.18. The van der Waals surface area contributed by atoms with Crippen molar-refractivity contribution in [3.8, 4) is 0 Å². The lowest BCUT2D eigenvalue weighted by atomic mass is 10.1. The Morgan fingerprint density at radius 3 is 2.80 bits per heavy atom. The quantitative estimate of drug-likeness (QED) is 0.547. The molecule has 0 fully saturated rings. The highest BCUT2D eigenvalue weighted by Crippen LogP contribution is 2.14. The number of aromatic nitrogens is 1. The third-order valence-electron chi connectivity index (χ3n) is 2.24. The Bertz CT molecular complexity index is 543. The van der Waals surface area contributed by atoms with Gasteiger partial charge in [-0.15, -0.1) is 0 Å². The minimum absolute atomic E-state index is 0.0479. The van der Waals surface area contributed by atoms with E-state index in [2.05, 4.69) is 11.6 Å². The summed E-state index contributed by atoms with van der Waals surface area (Å²) < 4.78 is 0. The second kappa shape index (κ2) is 3.65. The van der Waals surface area contributed by atoms with E-state index in [1.807, 2.05) is 30.3 Å². The molecule has 74 valence electrons. The molecule has 0 radical (unpaired) electrons. The van der Waals surface area contributed by atoms with Crippen molar-refractivity contribution in [2.75, 3.05) is 0 Å². The van der Waals surface area contributed by atoms with Gasteiger partial charge in [-0.1, -0.05) is 24.8 Å². The van der Waals surface area contributed by atoms with E-state index in [9.17, 15) is 4.79 Å². The molecule has 0 atom stereocenters. The summed E-state index contributed by atoms with van der Waals surface area (Å²) in [6.45, 7) is 5.34. The van der Waals surface area contributed by atoms with Gasteiger partial charge in [0.1, 0.15) is 0 Å². The molecule has 0 bridgehead atoms. The lowest BCUT2D eigenvalue weighted by Gasteiger charge is -2.01. The van der Waals surface area contributed by atoms with E-state index in [1.54, 1.807) is 13.1 Å². The van der Waals surface area contributed by atoms with Crippen LogP contribution in [0.5, 0.6) is 0 Å². The van der Waals surface area contributed by atoms with Crippen molar-refractivity contribution < 1.29 is 4.79 Å². The van der Waals surface area contributed by atoms with E-state index in [4.69, 9.17) is 0 Å². The molecule has 2 heteroatoms. The number of Topliss-reactive ketones (excluding diaryl/α,β-unsaturated/α-hetero) is 1. The summed E-state index contributed by atoms with van der Waals surface area (Å²) in [4.78, 5) is 15.9. The first-order valence-electron chi connectivity index (χ1n) is 4.73. The zero-order valence-corrected chi connectivity index (χ0v) is 8.53. The van der Waals surface area contributed by atoms with Crippen molar-refractivity contribution in [2.24, 2.45) is 0 Å². The zero-order valence-electron chi connectivity index (χ0n) is 8.53. The van der Waals surface area contributed by atoms with Crippen LogP contribution in [0.3, 0.4) is 0 Å². The standard InChI is InChI=1S/C13H11NO/c1-9(2)13(15)11-7-10-5-3-4-6-12(10)14-8-11/h3-8H,1H2,2H3. The van der Waals surface area contributed by atoms with E-state index in [1.165, 1.54) is 0 Å². The van der Waals surface area contributed by atoms with E-state index < -0.39 is 0 Å². The number of nitrogens with zero attached hydrogens (tertiary/aromatic N) is 1. The van der Waals surface area contributed by atoms with E-state index in [0.29, 0.717) is 11.1 Å². The number of carbonyl (C=O) groups is 1. The lowest BCUT2D eigenvalue weighted by Crippen LogP contribution is -2.00. The number of ketones is 1. The van der Waals surface area contributed by atoms with Crippen molar-refractivity contribution in [3.05, 3.63) is 54.2 Å². The van der Waals surface area contributed by atoms with Crippen molar-refractivity contribution in [3.63, 3.8) is 0 Å². The highest BCUT2D eigenvalue weighted by Gasteiger charge is 2.07. The van der Waals surface area contributed by atoms with E-state index >= 15 is 0 Å². The van der Waals surface area contributed by atoms with Crippen LogP contribution in [0.25, 0.3) is 10.9 Å². The largest absolute Gasteiger partial charge is 0.289 e. The number of benzene rings is 1. The summed E-state index contributed by atoms with van der Waals surface area (Å²) >= 11 is 0. The number of carbonyl (C=O) groups excluding carboxylic acids is 1. The molecular weight excluding hydrogens is 186 g/mol. The van der Waals surface area contributed by atoms with Crippen LogP contribution in [-0.4, -0.2) is 10.8 Å². The minimum atomic E-state index is -0.0479. The summed E-state index contributed by atoms with van der Waals surface area (Å²) in [6, 6.07) is 9.57. The van der Waals surface area contributed by atoms with Crippen LogP contribution in [-0.2, 0) is 0 Å². The molecule has 1 aromatic heterocycles. The fraction of sp³-hybridized carbons (Fsp3) is 0.0769. The predicted molar refractivity (Wildman–Crippen MR) is 60.9 cm³/mol. The molecule has 0 saturated heterocycles. The molecule has 0 aliphatic rings. The monoisotopic (exact) mass is 197 g/mol. The van der Waals surface area contributed by atoms with Gasteiger partial charge < -0.3 is 0 Å². The van der Waals surface area contributed by atoms with Gasteiger partial charge in [-0.25, -0.2) is 0 Å². The molecule has 2 rings (SSSR count). The number of allylic oxidation sites excluding steroid dienone is 1. The summed E-state index contributed by atoms with van der Waals surface area (Å²) in [5.41, 5.74) is 2.03. The molecule has 0 unspecified atom stereocenters. The Kier molecular flexibility index (Phi) is 2.34. The fourth-order valence-corrected chi connectivity index (χ4v) is 1.44. The second-order valence-corrected chi connectivity index (χ2v) is 3.53. The maximum atomic E-state index is 11.6. The Balaban J connectivity index is 2.56. The number of fused-ring (bicyclic) bond motifs is 1. The van der Waals surface area contributed by atoms with Crippen molar-refractivity contribution in [2.45, 2.75) is 6.92 Å². The lowest BCUT2D eigenvalue weighted by molar-refractivity contribution is 0.103. The fourth-order valence-electron chi connectivity index (χ4n) is 1.44. The smallest absolute Gasteiger partial charge is 0.189 e. The molecule has 1 aromatic carbocycles. The molecule has 15 heavy (non-hydrogen) atoms. The molecule has 2 nitrogen and oxygen atoms in total. The number of pyridine rings is 1. The first kappa shape index (κ1) is 9.59. The molecule has 0 saturated carbocycles. The SMILES string of the molecule is C=C(C)C(=O)c1cnc2ccccc2c1. The molecular formula is C13H11NO. The van der Waals surface area contributed by atoms with Gasteiger partial charge in [-0.05, 0) is 24.6 Å². The van der Waals surface area contributed by atoms with Crippen LogP contribution in [0.4, 0.5) is 0 Å². The van der Waals surface area contributed by atoms with Gasteiger partial charge in [0, 0.05) is 17.1 Å². The molecule has 1 heterocycles. The van der Waals surface area contributed by atoms with Gasteiger partial charge >= 0.3 is 0 Å². The normalized spacial score (nSPS) is 10.2. The third-order valence-corrected chi connectivity index (χ3v) is 2.24. The summed E-state index contributed by atoms with van der Waals surface area (Å²) in [6.07, 6.45) is 1.60. The van der Waals surface area contributed by atoms with Crippen molar-refractivity contribution >= 4 is 16.7 Å². The first-order valence-corrected chi connectivity index (χ1v) is 4.73. The highest BCUT2D eigenvalue weighted by atomic mass is 16.1. The van der Waals surface area contributed by atoms with Crippen LogP contribution < -0.4 is 0 Å². The molecule has 0 spiro atoms. The van der Waals surface area contributed by atoms with Gasteiger partial charge in [0.05, 0.1) is 5.52 Å². The van der Waals surface area contributed by atoms with Gasteiger partial charge in [0.2, 0.25) is 0 Å². The summed E-state index contributed by atoms with van der Waals surface area (Å²) in [5, 5.41) is 0.976. The van der Waals surface area contributed by atoms with Gasteiger partial charge in [-0.3, -0.25) is 9.78 Å². The number of hydrogen-bond donors (Lipinski definition) is 0. The summed E-state index contributed by atoms with van der Waals surface area (Å²) in [5.74, 6) is -0.0479. The number of hydrogen-bond acceptors (Lipinski definition) is 2. The van der Waals surface area contributed by atoms with Gasteiger partial charge in [0.25, 0.3) is 0 Å². The van der Waals surface area contributed by atoms with Crippen LogP contribution in [0.2, 0.25) is 0 Å². The molecule has 0 amide bonds. The average Bonchev–Trinajstić information content (AvgIpc) is 2.27. The predicted octanol–water partition coefficient (Wildman–Crippen LogP) is 2.99. The Labute approximate surface area is 88.3 Å². The summed E-state index contributed by atoms with van der Waals surface area (Å²) in [7, 11) is 0. The number of rotatable bonds is 2. The molecule has 2 aromatic rings. The maximum Gasteiger partial charge on any atom is 0.189 e. The van der Waals surface area contributed by atoms with Crippen molar-refractivity contribution in [1.82, 2.24) is 4.98 Å². The topological polar surface area (TPSA) is 30.0 Å². The molecule has 0 aliphatic carbocycles. The molecule has 0 aliphatic heterocycles. The minimum Gasteiger partial charge on any atom is -0.289 e. The van der Waals surface area contributed by atoms with Crippen LogP contribution >= 0.6 is 0 Å². The van der Waals surface area contributed by atoms with Crippen LogP contribution in [0, 0.1) is 0 Å². The zero-order chi connectivity index (χ0) is 10.8. The van der Waals surface area contributed by atoms with Crippen molar-refractivity contribution in [1.29, 1.82) is 0 Å². The van der Waals surface area contributed by atoms with Crippen LogP contribution in [0.1, 0.15) is 17.3 Å². The van der Waals surface area contributed by atoms with Crippen LogP contribution in [0.15, 0.2) is 48.7 Å². The van der Waals surface area contributed by atoms with Gasteiger partial charge in [-0.2, -0.15) is 0 Å². The second-order valence-electron chi connectivity index (χ2n) is 3.53. The average molecular weight is 197 g/mol. The van der Waals surface area contributed by atoms with Gasteiger partial charge in [0.15, 0.2) is 5.78 Å². The number of para-hydroxylation sites is 1.